The topological polar surface area (TPSA) is 94.7 Å². The lowest BCUT2D eigenvalue weighted by Crippen LogP contribution is -2.42. The molecule has 2 atom stereocenters. The molecule has 1 fully saturated rings. The maximum Gasteiger partial charge on any atom is 0.270 e. The first-order valence-electron chi connectivity index (χ1n) is 14.4. The Kier molecular flexibility index (Phi) is 8.03. The van der Waals surface area contributed by atoms with Crippen LogP contribution in [0, 0.1) is 5.92 Å². The van der Waals surface area contributed by atoms with E-state index in [2.05, 4.69) is 10.3 Å². The van der Waals surface area contributed by atoms with Gasteiger partial charge in [0, 0.05) is 55.6 Å². The fourth-order valence-corrected chi connectivity index (χ4v) is 5.82. The van der Waals surface area contributed by atoms with Crippen LogP contribution in [0.5, 0.6) is 5.75 Å². The molecule has 2 aliphatic heterocycles. The molecule has 6 rings (SSSR count). The SMILES string of the molecule is O=C1NCCN(C(=O)c2cc3ccccc3[nH]2)CCCOc2cccc(c2)[C@H]2CN(C(=O)/C=C/c3ccccc3)C[C@H]12. The maximum atomic E-state index is 13.6. The van der Waals surface area contributed by atoms with Crippen molar-refractivity contribution in [3.8, 4) is 5.75 Å². The van der Waals surface area contributed by atoms with Crippen LogP contribution >= 0.6 is 0 Å². The lowest BCUT2D eigenvalue weighted by molar-refractivity contribution is -0.126. The Morgan fingerprint density at radius 3 is 2.52 bits per heavy atom. The third kappa shape index (κ3) is 6.07. The molecule has 0 radical (unpaired) electrons. The Hall–Kier alpha value is -4.85. The highest BCUT2D eigenvalue weighted by Gasteiger charge is 2.40. The molecule has 0 spiro atoms. The highest BCUT2D eigenvalue weighted by atomic mass is 16.5. The van der Waals surface area contributed by atoms with Gasteiger partial charge >= 0.3 is 0 Å². The van der Waals surface area contributed by atoms with Gasteiger partial charge in [0.15, 0.2) is 0 Å². The lowest BCUT2D eigenvalue weighted by Gasteiger charge is -2.24. The number of amides is 3. The number of rotatable bonds is 3. The Labute approximate surface area is 245 Å². The summed E-state index contributed by atoms with van der Waals surface area (Å²) in [6, 6.07) is 27.1. The van der Waals surface area contributed by atoms with Gasteiger partial charge < -0.3 is 24.8 Å². The van der Waals surface area contributed by atoms with E-state index in [-0.39, 0.29) is 23.6 Å². The molecule has 4 aromatic rings. The van der Waals surface area contributed by atoms with Gasteiger partial charge in [-0.1, -0.05) is 60.7 Å². The number of fused-ring (bicyclic) bond motifs is 5. The van der Waals surface area contributed by atoms with Gasteiger partial charge in [-0.3, -0.25) is 14.4 Å². The third-order valence-electron chi connectivity index (χ3n) is 8.04. The minimum Gasteiger partial charge on any atom is -0.494 e. The molecule has 2 N–H and O–H groups in total. The largest absolute Gasteiger partial charge is 0.494 e. The summed E-state index contributed by atoms with van der Waals surface area (Å²) in [6.07, 6.45) is 4.02. The molecule has 1 saturated heterocycles. The number of H-pyrrole nitrogens is 1. The first-order chi connectivity index (χ1) is 20.5. The van der Waals surface area contributed by atoms with Gasteiger partial charge in [-0.2, -0.15) is 0 Å². The first-order valence-corrected chi connectivity index (χ1v) is 14.4. The normalized spacial score (nSPS) is 19.7. The zero-order chi connectivity index (χ0) is 28.9. The highest BCUT2D eigenvalue weighted by Crippen LogP contribution is 2.35. The molecule has 8 heteroatoms. The lowest BCUT2D eigenvalue weighted by atomic mass is 9.88. The molecule has 2 bridgehead atoms. The second kappa shape index (κ2) is 12.3. The number of hydrogen-bond acceptors (Lipinski definition) is 4. The second-order valence-electron chi connectivity index (χ2n) is 10.8. The summed E-state index contributed by atoms with van der Waals surface area (Å²) < 4.78 is 6.07. The molecule has 42 heavy (non-hydrogen) atoms. The van der Waals surface area contributed by atoms with Crippen LogP contribution in [0.2, 0.25) is 0 Å². The number of carbonyl (C=O) groups excluding carboxylic acids is 3. The molecule has 3 amide bonds. The van der Waals surface area contributed by atoms with Crippen LogP contribution in [-0.4, -0.2) is 71.8 Å². The summed E-state index contributed by atoms with van der Waals surface area (Å²) in [7, 11) is 0. The molecule has 8 nitrogen and oxygen atoms in total. The number of hydrogen-bond donors (Lipinski definition) is 2. The molecule has 3 aromatic carbocycles. The van der Waals surface area contributed by atoms with Crippen molar-refractivity contribution in [3.63, 3.8) is 0 Å². The number of nitrogens with one attached hydrogen (secondary N) is 2. The first kappa shape index (κ1) is 27.3. The summed E-state index contributed by atoms with van der Waals surface area (Å²) >= 11 is 0. The minimum absolute atomic E-state index is 0.116. The van der Waals surface area contributed by atoms with Crippen molar-refractivity contribution >= 4 is 34.7 Å². The van der Waals surface area contributed by atoms with E-state index in [1.807, 2.05) is 84.9 Å². The minimum atomic E-state index is -0.421. The fourth-order valence-electron chi connectivity index (χ4n) is 5.82. The van der Waals surface area contributed by atoms with Crippen LogP contribution in [0.4, 0.5) is 0 Å². The zero-order valence-corrected chi connectivity index (χ0v) is 23.4. The van der Waals surface area contributed by atoms with E-state index in [4.69, 9.17) is 4.74 Å². The van der Waals surface area contributed by atoms with Crippen molar-refractivity contribution in [3.05, 3.63) is 108 Å². The summed E-state index contributed by atoms with van der Waals surface area (Å²) in [4.78, 5) is 46.9. The number of para-hydroxylation sites is 1. The van der Waals surface area contributed by atoms with Crippen molar-refractivity contribution in [2.24, 2.45) is 5.92 Å². The summed E-state index contributed by atoms with van der Waals surface area (Å²) in [5.41, 5.74) is 3.34. The van der Waals surface area contributed by atoms with Crippen molar-refractivity contribution in [1.82, 2.24) is 20.1 Å². The zero-order valence-electron chi connectivity index (χ0n) is 23.4. The summed E-state index contributed by atoms with van der Waals surface area (Å²) in [5, 5.41) is 4.04. The van der Waals surface area contributed by atoms with Crippen LogP contribution in [0.15, 0.2) is 91.0 Å². The van der Waals surface area contributed by atoms with Gasteiger partial charge in [-0.15, -0.1) is 0 Å². The van der Waals surface area contributed by atoms with Crippen molar-refractivity contribution in [1.29, 1.82) is 0 Å². The van der Waals surface area contributed by atoms with Crippen LogP contribution < -0.4 is 10.1 Å². The van der Waals surface area contributed by atoms with Gasteiger partial charge in [0.25, 0.3) is 5.91 Å². The van der Waals surface area contributed by atoms with Gasteiger partial charge in [0.05, 0.1) is 12.5 Å². The highest BCUT2D eigenvalue weighted by molar-refractivity contribution is 5.98. The second-order valence-corrected chi connectivity index (χ2v) is 10.8. The monoisotopic (exact) mass is 562 g/mol. The number of benzene rings is 3. The predicted octanol–water partition coefficient (Wildman–Crippen LogP) is 4.46. The number of ether oxygens (including phenoxy) is 1. The molecule has 0 unspecified atom stereocenters. The summed E-state index contributed by atoms with van der Waals surface area (Å²) in [6.45, 7) is 2.38. The van der Waals surface area contributed by atoms with E-state index < -0.39 is 5.92 Å². The molecule has 3 heterocycles. The van der Waals surface area contributed by atoms with Crippen molar-refractivity contribution < 1.29 is 19.1 Å². The van der Waals surface area contributed by atoms with E-state index in [1.54, 1.807) is 22.0 Å². The van der Waals surface area contributed by atoms with Gasteiger partial charge in [-0.25, -0.2) is 0 Å². The van der Waals surface area contributed by atoms with Crippen molar-refractivity contribution in [2.75, 3.05) is 39.3 Å². The molecular formula is C34H34N4O4. The van der Waals surface area contributed by atoms with Gasteiger partial charge in [0.2, 0.25) is 11.8 Å². The maximum absolute atomic E-state index is 13.6. The van der Waals surface area contributed by atoms with E-state index in [9.17, 15) is 14.4 Å². The number of aromatic amines is 1. The number of carbonyl (C=O) groups is 3. The predicted molar refractivity (Wildman–Crippen MR) is 162 cm³/mol. The molecule has 2 aliphatic rings. The van der Waals surface area contributed by atoms with E-state index in [1.165, 1.54) is 0 Å². The smallest absolute Gasteiger partial charge is 0.270 e. The third-order valence-corrected chi connectivity index (χ3v) is 8.04. The quantitative estimate of drug-likeness (QED) is 0.361. The van der Waals surface area contributed by atoms with Crippen LogP contribution in [-0.2, 0) is 9.59 Å². The standard InChI is InChI=1S/C34H34N4O4/c39-32(15-14-24-8-2-1-3-9-24)38-22-28-25-11-6-12-27(20-25)42-19-7-17-37(18-16-35-33(40)29(28)23-38)34(41)31-21-26-10-4-5-13-30(26)36-31/h1-6,8-15,20-21,28-29,36H,7,16-19,22-23H2,(H,35,40)/b15-14+/t28-,29+/m1/s1. The Morgan fingerprint density at radius 1 is 0.857 bits per heavy atom. The number of likely N-dealkylation sites (tertiary alicyclic amines) is 1. The van der Waals surface area contributed by atoms with Gasteiger partial charge in [-0.05, 0) is 47.9 Å². The molecule has 214 valence electrons. The molecule has 0 aliphatic carbocycles. The number of nitrogens with zero attached hydrogens (tertiary/aromatic N) is 2. The molecule has 0 saturated carbocycles. The van der Waals surface area contributed by atoms with E-state index in [0.717, 1.165) is 22.0 Å². The Bertz CT molecular complexity index is 1580. The van der Waals surface area contributed by atoms with Crippen molar-refractivity contribution in [2.45, 2.75) is 12.3 Å². The average Bonchev–Trinajstić information content (AvgIpc) is 3.66. The van der Waals surface area contributed by atoms with Crippen LogP contribution in [0.3, 0.4) is 0 Å². The van der Waals surface area contributed by atoms with Crippen LogP contribution in [0.25, 0.3) is 17.0 Å². The van der Waals surface area contributed by atoms with E-state index in [0.29, 0.717) is 57.2 Å². The molecule has 1 aromatic heterocycles. The van der Waals surface area contributed by atoms with Gasteiger partial charge in [0.1, 0.15) is 11.4 Å². The summed E-state index contributed by atoms with van der Waals surface area (Å²) in [5.74, 6) is -0.241. The van der Waals surface area contributed by atoms with Crippen LogP contribution in [0.1, 0.15) is 34.0 Å². The average molecular weight is 563 g/mol. The fraction of sp³-hybridized carbons (Fsp3) is 0.265. The number of aromatic nitrogens is 1. The Balaban J connectivity index is 1.20. The molecular weight excluding hydrogens is 528 g/mol. The van der Waals surface area contributed by atoms with E-state index >= 15 is 0 Å². The Morgan fingerprint density at radius 2 is 1.67 bits per heavy atom.